The molecular formula is C22H21ClN2O4S. The van der Waals surface area contributed by atoms with Crippen LogP contribution in [0.2, 0.25) is 5.02 Å². The van der Waals surface area contributed by atoms with E-state index in [1.165, 1.54) is 25.2 Å². The fraction of sp³-hybridized carbons (Fsp3) is 0.136. The molecule has 0 unspecified atom stereocenters. The second-order valence-electron chi connectivity index (χ2n) is 6.66. The SMILES string of the molecule is CN(c1cccc(Cl)c1)S(=O)(=O)c1cccc(C(=O)NCCc2cccc(O)c2)c1. The lowest BCUT2D eigenvalue weighted by atomic mass is 10.1. The highest BCUT2D eigenvalue weighted by molar-refractivity contribution is 7.92. The summed E-state index contributed by atoms with van der Waals surface area (Å²) in [6.07, 6.45) is 0.537. The molecule has 3 aromatic rings. The zero-order valence-corrected chi connectivity index (χ0v) is 17.8. The van der Waals surface area contributed by atoms with Crippen molar-refractivity contribution in [2.45, 2.75) is 11.3 Å². The number of hydrogen-bond donors (Lipinski definition) is 2. The van der Waals surface area contributed by atoms with E-state index in [0.29, 0.717) is 23.7 Å². The van der Waals surface area contributed by atoms with Crippen LogP contribution in [-0.2, 0) is 16.4 Å². The van der Waals surface area contributed by atoms with Crippen LogP contribution in [0, 0.1) is 0 Å². The van der Waals surface area contributed by atoms with Crippen molar-refractivity contribution in [3.8, 4) is 5.75 Å². The molecule has 0 fully saturated rings. The molecule has 0 saturated heterocycles. The number of halogens is 1. The molecule has 0 radical (unpaired) electrons. The first kappa shape index (κ1) is 21.7. The number of phenolic OH excluding ortho intramolecular Hbond substituents is 1. The van der Waals surface area contributed by atoms with E-state index in [1.54, 1.807) is 48.5 Å². The van der Waals surface area contributed by atoms with Gasteiger partial charge in [-0.3, -0.25) is 9.10 Å². The number of carbonyl (C=O) groups is 1. The summed E-state index contributed by atoms with van der Waals surface area (Å²) in [6.45, 7) is 0.349. The van der Waals surface area contributed by atoms with Crippen molar-refractivity contribution in [2.24, 2.45) is 0 Å². The molecule has 0 aliphatic carbocycles. The third-order valence-corrected chi connectivity index (χ3v) is 6.55. The standard InChI is InChI=1S/C22H21ClN2O4S/c1-25(19-8-4-7-18(23)15-19)30(28,29)21-10-3-6-17(14-21)22(27)24-12-11-16-5-2-9-20(26)13-16/h2-10,13-15,26H,11-12H2,1H3,(H,24,27). The predicted octanol–water partition coefficient (Wildman–Crippen LogP) is 3.84. The average molecular weight is 445 g/mol. The van der Waals surface area contributed by atoms with Gasteiger partial charge >= 0.3 is 0 Å². The summed E-state index contributed by atoms with van der Waals surface area (Å²) in [6, 6.07) is 19.2. The minimum atomic E-state index is -3.87. The van der Waals surface area contributed by atoms with Crippen molar-refractivity contribution in [2.75, 3.05) is 17.9 Å². The molecule has 3 aromatic carbocycles. The van der Waals surface area contributed by atoms with Gasteiger partial charge in [-0.15, -0.1) is 0 Å². The molecule has 6 nitrogen and oxygen atoms in total. The van der Waals surface area contributed by atoms with E-state index in [2.05, 4.69) is 5.32 Å². The molecule has 0 atom stereocenters. The summed E-state index contributed by atoms with van der Waals surface area (Å²) >= 11 is 5.96. The lowest BCUT2D eigenvalue weighted by Crippen LogP contribution is -2.28. The summed E-state index contributed by atoms with van der Waals surface area (Å²) in [7, 11) is -2.43. The van der Waals surface area contributed by atoms with Crippen LogP contribution in [-0.4, -0.2) is 33.0 Å². The van der Waals surface area contributed by atoms with Crippen LogP contribution >= 0.6 is 11.6 Å². The smallest absolute Gasteiger partial charge is 0.264 e. The maximum absolute atomic E-state index is 13.0. The Morgan fingerprint density at radius 1 is 1.03 bits per heavy atom. The van der Waals surface area contributed by atoms with Crippen molar-refractivity contribution in [1.82, 2.24) is 5.32 Å². The van der Waals surface area contributed by atoms with Gasteiger partial charge in [-0.1, -0.05) is 35.9 Å². The van der Waals surface area contributed by atoms with E-state index in [-0.39, 0.29) is 22.1 Å². The molecule has 30 heavy (non-hydrogen) atoms. The van der Waals surface area contributed by atoms with Crippen molar-refractivity contribution in [1.29, 1.82) is 0 Å². The number of anilines is 1. The van der Waals surface area contributed by atoms with Gasteiger partial charge in [0.25, 0.3) is 15.9 Å². The second-order valence-corrected chi connectivity index (χ2v) is 9.06. The third kappa shape index (κ3) is 5.11. The molecule has 0 aromatic heterocycles. The normalized spacial score (nSPS) is 11.1. The van der Waals surface area contributed by atoms with Gasteiger partial charge in [0, 0.05) is 24.2 Å². The number of sulfonamides is 1. The summed E-state index contributed by atoms with van der Waals surface area (Å²) in [5, 5.41) is 12.7. The molecule has 1 amide bonds. The van der Waals surface area contributed by atoms with E-state index in [4.69, 9.17) is 11.6 Å². The fourth-order valence-electron chi connectivity index (χ4n) is 2.90. The summed E-state index contributed by atoms with van der Waals surface area (Å²) < 4.78 is 27.1. The van der Waals surface area contributed by atoms with Crippen LogP contribution in [0.15, 0.2) is 77.7 Å². The van der Waals surface area contributed by atoms with Crippen LogP contribution in [0.1, 0.15) is 15.9 Å². The molecule has 156 valence electrons. The summed E-state index contributed by atoms with van der Waals surface area (Å²) in [4.78, 5) is 12.5. The highest BCUT2D eigenvalue weighted by Gasteiger charge is 2.22. The number of phenols is 1. The van der Waals surface area contributed by atoms with Gasteiger partial charge in [-0.05, 0) is 60.5 Å². The number of nitrogens with zero attached hydrogens (tertiary/aromatic N) is 1. The number of hydrogen-bond acceptors (Lipinski definition) is 4. The molecule has 0 spiro atoms. The molecule has 2 N–H and O–H groups in total. The van der Waals surface area contributed by atoms with E-state index in [0.717, 1.165) is 9.87 Å². The van der Waals surface area contributed by atoms with Crippen molar-refractivity contribution >= 4 is 33.2 Å². The lowest BCUT2D eigenvalue weighted by molar-refractivity contribution is 0.0954. The van der Waals surface area contributed by atoms with Crippen molar-refractivity contribution < 1.29 is 18.3 Å². The lowest BCUT2D eigenvalue weighted by Gasteiger charge is -2.20. The number of amides is 1. The van der Waals surface area contributed by atoms with Gasteiger partial charge in [-0.2, -0.15) is 0 Å². The monoisotopic (exact) mass is 444 g/mol. The Kier molecular flexibility index (Phi) is 6.64. The van der Waals surface area contributed by atoms with Gasteiger partial charge in [0.05, 0.1) is 10.6 Å². The molecule has 0 heterocycles. The Balaban J connectivity index is 1.72. The van der Waals surface area contributed by atoms with Gasteiger partial charge in [-0.25, -0.2) is 8.42 Å². The molecule has 3 rings (SSSR count). The Bertz CT molecular complexity index is 1170. The van der Waals surface area contributed by atoms with Crippen LogP contribution < -0.4 is 9.62 Å². The van der Waals surface area contributed by atoms with Crippen LogP contribution in [0.5, 0.6) is 5.75 Å². The van der Waals surface area contributed by atoms with E-state index in [1.807, 2.05) is 6.07 Å². The maximum atomic E-state index is 13.0. The molecule has 0 aliphatic rings. The number of benzene rings is 3. The second kappa shape index (κ2) is 9.19. The summed E-state index contributed by atoms with van der Waals surface area (Å²) in [5.74, 6) is -0.210. The molecule has 8 heteroatoms. The first-order valence-corrected chi connectivity index (χ1v) is 11.0. The first-order valence-electron chi connectivity index (χ1n) is 9.18. The van der Waals surface area contributed by atoms with Crippen LogP contribution in [0.25, 0.3) is 0 Å². The van der Waals surface area contributed by atoms with Gasteiger partial charge < -0.3 is 10.4 Å². The zero-order chi connectivity index (χ0) is 21.7. The predicted molar refractivity (Wildman–Crippen MR) is 118 cm³/mol. The van der Waals surface area contributed by atoms with Crippen molar-refractivity contribution in [3.63, 3.8) is 0 Å². The summed E-state index contributed by atoms with van der Waals surface area (Å²) in [5.41, 5.74) is 1.55. The van der Waals surface area contributed by atoms with Crippen LogP contribution in [0.4, 0.5) is 5.69 Å². The topological polar surface area (TPSA) is 86.7 Å². The van der Waals surface area contributed by atoms with Gasteiger partial charge in [0.2, 0.25) is 0 Å². The first-order chi connectivity index (χ1) is 14.3. The largest absolute Gasteiger partial charge is 0.508 e. The molecule has 0 aliphatic heterocycles. The average Bonchev–Trinajstić information content (AvgIpc) is 2.73. The van der Waals surface area contributed by atoms with E-state index < -0.39 is 10.0 Å². The maximum Gasteiger partial charge on any atom is 0.264 e. The Labute approximate surface area is 180 Å². The zero-order valence-electron chi connectivity index (χ0n) is 16.2. The molecule has 0 saturated carbocycles. The highest BCUT2D eigenvalue weighted by atomic mass is 35.5. The number of aromatic hydroxyl groups is 1. The minimum absolute atomic E-state index is 0.00519. The highest BCUT2D eigenvalue weighted by Crippen LogP contribution is 2.25. The third-order valence-electron chi connectivity index (χ3n) is 4.54. The quantitative estimate of drug-likeness (QED) is 0.579. The number of carbonyl (C=O) groups excluding carboxylic acids is 1. The van der Waals surface area contributed by atoms with Crippen LogP contribution in [0.3, 0.4) is 0 Å². The Hall–Kier alpha value is -3.03. The Morgan fingerprint density at radius 2 is 1.77 bits per heavy atom. The van der Waals surface area contributed by atoms with E-state index in [9.17, 15) is 18.3 Å². The van der Waals surface area contributed by atoms with Gasteiger partial charge in [0.15, 0.2) is 0 Å². The number of nitrogens with one attached hydrogen (secondary N) is 1. The van der Waals surface area contributed by atoms with Crippen molar-refractivity contribution in [3.05, 3.63) is 88.9 Å². The molecule has 0 bridgehead atoms. The molecular weight excluding hydrogens is 424 g/mol. The van der Waals surface area contributed by atoms with Gasteiger partial charge in [0.1, 0.15) is 5.75 Å². The van der Waals surface area contributed by atoms with E-state index >= 15 is 0 Å². The minimum Gasteiger partial charge on any atom is -0.508 e. The fourth-order valence-corrected chi connectivity index (χ4v) is 4.32. The Morgan fingerprint density at radius 3 is 2.50 bits per heavy atom. The number of rotatable bonds is 7.